The maximum atomic E-state index is 12.4. The van der Waals surface area contributed by atoms with Crippen molar-refractivity contribution in [3.8, 4) is 0 Å². The van der Waals surface area contributed by atoms with Crippen LogP contribution in [0.5, 0.6) is 0 Å². The summed E-state index contributed by atoms with van der Waals surface area (Å²) in [5.41, 5.74) is 2.59. The van der Waals surface area contributed by atoms with Crippen LogP contribution in [0, 0.1) is 0 Å². The lowest BCUT2D eigenvalue weighted by molar-refractivity contribution is 0.102. The van der Waals surface area contributed by atoms with Gasteiger partial charge < -0.3 is 4.57 Å². The molecule has 0 fully saturated rings. The molecule has 124 valence electrons. The van der Waals surface area contributed by atoms with Crippen LogP contribution in [0.1, 0.15) is 10.4 Å². The first kappa shape index (κ1) is 15.8. The molecule has 6 nitrogen and oxygen atoms in total. The molecule has 2 aromatic carbocycles. The zero-order chi connectivity index (χ0) is 17.6. The van der Waals surface area contributed by atoms with E-state index in [4.69, 9.17) is 23.2 Å². The Hall–Kier alpha value is -2.70. The number of aryl methyl sites for hydroxylation is 1. The summed E-state index contributed by atoms with van der Waals surface area (Å²) < 4.78 is 1.91. The molecule has 0 spiro atoms. The molecule has 0 saturated carbocycles. The van der Waals surface area contributed by atoms with Gasteiger partial charge in [0.1, 0.15) is 5.52 Å². The lowest BCUT2D eigenvalue weighted by atomic mass is 10.2. The van der Waals surface area contributed by atoms with E-state index in [-0.39, 0.29) is 16.5 Å². The zero-order valence-electron chi connectivity index (χ0n) is 13.0. The SMILES string of the molecule is Cn1c2ccccc2c2nnc(NC(=O)c3ccc(Cl)cc3Cl)nc21. The molecule has 2 aromatic heterocycles. The molecule has 4 rings (SSSR count). The molecule has 0 bridgehead atoms. The number of amides is 1. The van der Waals surface area contributed by atoms with E-state index in [2.05, 4.69) is 20.5 Å². The molecule has 0 saturated heterocycles. The van der Waals surface area contributed by atoms with Gasteiger partial charge in [-0.05, 0) is 24.3 Å². The lowest BCUT2D eigenvalue weighted by Gasteiger charge is -2.05. The van der Waals surface area contributed by atoms with Crippen LogP contribution in [-0.2, 0) is 7.05 Å². The van der Waals surface area contributed by atoms with Crippen molar-refractivity contribution in [3.05, 3.63) is 58.1 Å². The topological polar surface area (TPSA) is 72.7 Å². The molecular formula is C17H11Cl2N5O. The molecule has 0 aliphatic carbocycles. The Labute approximate surface area is 152 Å². The number of benzene rings is 2. The van der Waals surface area contributed by atoms with Gasteiger partial charge in [-0.25, -0.2) is 0 Å². The summed E-state index contributed by atoms with van der Waals surface area (Å²) in [7, 11) is 1.89. The van der Waals surface area contributed by atoms with Crippen LogP contribution in [0.15, 0.2) is 42.5 Å². The monoisotopic (exact) mass is 371 g/mol. The largest absolute Gasteiger partial charge is 0.327 e. The van der Waals surface area contributed by atoms with Gasteiger partial charge in [-0.2, -0.15) is 4.98 Å². The van der Waals surface area contributed by atoms with Crippen LogP contribution < -0.4 is 5.32 Å². The number of para-hydroxylation sites is 1. The highest BCUT2D eigenvalue weighted by Crippen LogP contribution is 2.25. The van der Waals surface area contributed by atoms with Crippen molar-refractivity contribution >= 4 is 57.1 Å². The quantitative estimate of drug-likeness (QED) is 0.576. The van der Waals surface area contributed by atoms with E-state index in [9.17, 15) is 4.79 Å². The fraction of sp³-hybridized carbons (Fsp3) is 0.0588. The molecular weight excluding hydrogens is 361 g/mol. The molecule has 1 amide bonds. The molecule has 25 heavy (non-hydrogen) atoms. The van der Waals surface area contributed by atoms with Gasteiger partial charge in [0.25, 0.3) is 11.9 Å². The molecule has 0 atom stereocenters. The second-order valence-electron chi connectivity index (χ2n) is 5.46. The van der Waals surface area contributed by atoms with E-state index >= 15 is 0 Å². The van der Waals surface area contributed by atoms with Gasteiger partial charge in [-0.1, -0.05) is 41.4 Å². The minimum absolute atomic E-state index is 0.106. The van der Waals surface area contributed by atoms with Crippen molar-refractivity contribution in [2.45, 2.75) is 0 Å². The third kappa shape index (κ3) is 2.69. The first-order valence-corrected chi connectivity index (χ1v) is 8.14. The summed E-state index contributed by atoms with van der Waals surface area (Å²) in [4.78, 5) is 16.8. The number of aromatic nitrogens is 4. The first-order chi connectivity index (χ1) is 12.0. The average molecular weight is 372 g/mol. The van der Waals surface area contributed by atoms with E-state index in [0.717, 1.165) is 10.9 Å². The molecule has 4 aromatic rings. The summed E-state index contributed by atoms with van der Waals surface area (Å²) in [6.45, 7) is 0. The van der Waals surface area contributed by atoms with Crippen LogP contribution in [0.25, 0.3) is 22.1 Å². The molecule has 2 heterocycles. The Morgan fingerprint density at radius 3 is 2.72 bits per heavy atom. The normalized spacial score (nSPS) is 11.2. The number of nitrogens with one attached hydrogen (secondary N) is 1. The fourth-order valence-electron chi connectivity index (χ4n) is 2.70. The molecule has 0 aliphatic heterocycles. The summed E-state index contributed by atoms with van der Waals surface area (Å²) in [5, 5.41) is 12.5. The number of fused-ring (bicyclic) bond motifs is 3. The summed E-state index contributed by atoms with van der Waals surface area (Å²) in [5.74, 6) is -0.323. The minimum atomic E-state index is -0.429. The van der Waals surface area contributed by atoms with E-state index in [0.29, 0.717) is 16.2 Å². The van der Waals surface area contributed by atoms with Crippen LogP contribution in [0.3, 0.4) is 0 Å². The predicted molar refractivity (Wildman–Crippen MR) is 98.2 cm³/mol. The third-order valence-corrected chi connectivity index (χ3v) is 4.46. The Bertz CT molecular complexity index is 1140. The van der Waals surface area contributed by atoms with Crippen molar-refractivity contribution in [2.75, 3.05) is 5.32 Å². The molecule has 8 heteroatoms. The van der Waals surface area contributed by atoms with Crippen LogP contribution in [-0.4, -0.2) is 25.7 Å². The van der Waals surface area contributed by atoms with Crippen LogP contribution in [0.2, 0.25) is 10.0 Å². The van der Waals surface area contributed by atoms with Crippen LogP contribution >= 0.6 is 23.2 Å². The predicted octanol–water partition coefficient (Wildman–Crippen LogP) is 4.08. The average Bonchev–Trinajstić information content (AvgIpc) is 2.88. The number of anilines is 1. The molecule has 0 radical (unpaired) electrons. The maximum Gasteiger partial charge on any atom is 0.259 e. The Kier molecular flexibility index (Phi) is 3.78. The smallest absolute Gasteiger partial charge is 0.259 e. The molecule has 0 unspecified atom stereocenters. The number of carbonyl (C=O) groups is 1. The second-order valence-corrected chi connectivity index (χ2v) is 6.31. The number of rotatable bonds is 2. The third-order valence-electron chi connectivity index (χ3n) is 3.91. The van der Waals surface area contributed by atoms with Crippen molar-refractivity contribution < 1.29 is 4.79 Å². The van der Waals surface area contributed by atoms with Gasteiger partial charge in [0, 0.05) is 17.5 Å². The first-order valence-electron chi connectivity index (χ1n) is 7.39. The van der Waals surface area contributed by atoms with Crippen molar-refractivity contribution in [3.63, 3.8) is 0 Å². The summed E-state index contributed by atoms with van der Waals surface area (Å²) >= 11 is 11.9. The van der Waals surface area contributed by atoms with Crippen molar-refractivity contribution in [2.24, 2.45) is 7.05 Å². The fourth-order valence-corrected chi connectivity index (χ4v) is 3.20. The molecule has 1 N–H and O–H groups in total. The highest BCUT2D eigenvalue weighted by molar-refractivity contribution is 6.37. The zero-order valence-corrected chi connectivity index (χ0v) is 14.5. The van der Waals surface area contributed by atoms with Gasteiger partial charge in [-0.15, -0.1) is 10.2 Å². The Morgan fingerprint density at radius 1 is 1.12 bits per heavy atom. The van der Waals surface area contributed by atoms with Crippen LogP contribution in [0.4, 0.5) is 5.95 Å². The summed E-state index contributed by atoms with van der Waals surface area (Å²) in [6, 6.07) is 12.5. The van der Waals surface area contributed by atoms with E-state index in [1.165, 1.54) is 6.07 Å². The number of hydrogen-bond donors (Lipinski definition) is 1. The van der Waals surface area contributed by atoms with Crippen molar-refractivity contribution in [1.29, 1.82) is 0 Å². The Balaban J connectivity index is 1.73. The van der Waals surface area contributed by atoms with Gasteiger partial charge in [0.05, 0.1) is 16.1 Å². The lowest BCUT2D eigenvalue weighted by Crippen LogP contribution is -2.15. The number of nitrogens with zero attached hydrogens (tertiary/aromatic N) is 4. The minimum Gasteiger partial charge on any atom is -0.327 e. The van der Waals surface area contributed by atoms with Gasteiger partial charge in [-0.3, -0.25) is 10.1 Å². The maximum absolute atomic E-state index is 12.4. The van der Waals surface area contributed by atoms with Gasteiger partial charge in [0.15, 0.2) is 5.65 Å². The van der Waals surface area contributed by atoms with Gasteiger partial charge in [0.2, 0.25) is 0 Å². The van der Waals surface area contributed by atoms with Crippen molar-refractivity contribution in [1.82, 2.24) is 19.7 Å². The highest BCUT2D eigenvalue weighted by atomic mass is 35.5. The van der Waals surface area contributed by atoms with E-state index in [1.807, 2.05) is 35.9 Å². The Morgan fingerprint density at radius 2 is 1.92 bits per heavy atom. The van der Waals surface area contributed by atoms with E-state index in [1.54, 1.807) is 12.1 Å². The van der Waals surface area contributed by atoms with E-state index < -0.39 is 5.91 Å². The number of carbonyl (C=O) groups excluding carboxylic acids is 1. The second kappa shape index (κ2) is 5.98. The number of halogens is 2. The summed E-state index contributed by atoms with van der Waals surface area (Å²) in [6.07, 6.45) is 0. The number of hydrogen-bond acceptors (Lipinski definition) is 4. The molecule has 0 aliphatic rings. The van der Waals surface area contributed by atoms with Gasteiger partial charge >= 0.3 is 0 Å². The highest BCUT2D eigenvalue weighted by Gasteiger charge is 2.15. The standard InChI is InChI=1S/C17H11Cl2N5O/c1-24-13-5-3-2-4-11(13)14-15(24)20-17(23-22-14)21-16(25)10-7-6-9(18)8-12(10)19/h2-8H,1H3,(H,20,21,23,25).